The molecule has 12 heavy (non-hydrogen) atoms. The van der Waals surface area contributed by atoms with E-state index < -0.39 is 17.8 Å². The van der Waals surface area contributed by atoms with Crippen LogP contribution in [0.1, 0.15) is 19.3 Å². The summed E-state index contributed by atoms with van der Waals surface area (Å²) in [6.07, 6.45) is 2.48. The highest BCUT2D eigenvalue weighted by Crippen LogP contribution is 2.30. The molecule has 1 unspecified atom stereocenters. The molecule has 0 N–H and O–H groups in total. The summed E-state index contributed by atoms with van der Waals surface area (Å²) < 4.78 is 26.2. The molecular formula is C8H14ClF2N. The van der Waals surface area contributed by atoms with Crippen LogP contribution in [0.3, 0.4) is 0 Å². The summed E-state index contributed by atoms with van der Waals surface area (Å²) in [7, 11) is 1.74. The van der Waals surface area contributed by atoms with Crippen LogP contribution in [0.2, 0.25) is 0 Å². The first-order valence-corrected chi connectivity index (χ1v) is 4.75. The van der Waals surface area contributed by atoms with Gasteiger partial charge < -0.3 is 0 Å². The number of hydrogen-bond acceptors (Lipinski definition) is 1. The lowest BCUT2D eigenvalue weighted by molar-refractivity contribution is -0.0687. The van der Waals surface area contributed by atoms with E-state index in [0.717, 1.165) is 19.4 Å². The quantitative estimate of drug-likeness (QED) is 0.615. The molecule has 1 aliphatic heterocycles. The molecule has 0 aromatic carbocycles. The predicted molar refractivity (Wildman–Crippen MR) is 45.9 cm³/mol. The van der Waals surface area contributed by atoms with E-state index >= 15 is 0 Å². The number of halogens is 3. The topological polar surface area (TPSA) is 3.24 Å². The summed E-state index contributed by atoms with van der Waals surface area (Å²) in [5, 5.41) is 0. The molecule has 0 spiro atoms. The summed E-state index contributed by atoms with van der Waals surface area (Å²) in [5.41, 5.74) is 0. The van der Waals surface area contributed by atoms with Crippen molar-refractivity contribution in [1.82, 2.24) is 4.90 Å². The Balaban J connectivity index is 2.58. The van der Waals surface area contributed by atoms with Crippen molar-refractivity contribution in [2.45, 2.75) is 31.2 Å². The van der Waals surface area contributed by atoms with Crippen molar-refractivity contribution in [3.05, 3.63) is 0 Å². The second kappa shape index (κ2) is 3.88. The molecule has 1 aliphatic rings. The number of nitrogens with zero attached hydrogens (tertiary/aromatic N) is 1. The summed E-state index contributed by atoms with van der Waals surface area (Å²) in [6, 6.07) is -0.649. The van der Waals surface area contributed by atoms with Crippen LogP contribution in [-0.4, -0.2) is 36.3 Å². The van der Waals surface area contributed by atoms with E-state index in [4.69, 9.17) is 11.6 Å². The molecular weight excluding hydrogens is 184 g/mol. The Morgan fingerprint density at radius 3 is 2.67 bits per heavy atom. The number of likely N-dealkylation sites (tertiary alicyclic amines) is 1. The van der Waals surface area contributed by atoms with Crippen LogP contribution in [0.4, 0.5) is 8.78 Å². The Bertz CT molecular complexity index is 152. The van der Waals surface area contributed by atoms with E-state index in [1.165, 1.54) is 0 Å². The molecule has 0 bridgehead atoms. The van der Waals surface area contributed by atoms with Gasteiger partial charge in [-0.3, -0.25) is 4.90 Å². The van der Waals surface area contributed by atoms with Crippen molar-refractivity contribution in [3.8, 4) is 0 Å². The summed E-state index contributed by atoms with van der Waals surface area (Å²) in [6.45, 7) is 0.761. The van der Waals surface area contributed by atoms with Crippen LogP contribution in [0.5, 0.6) is 0 Å². The second-order valence-electron chi connectivity index (χ2n) is 3.39. The SMILES string of the molecule is CN1CCCCC1C(F)(F)CCl. The number of piperidine rings is 1. The first-order chi connectivity index (χ1) is 5.58. The molecule has 0 aromatic rings. The standard InChI is InChI=1S/C8H14ClF2N/c1-12-5-3-2-4-7(12)8(10,11)6-9/h7H,2-6H2,1H3. The van der Waals surface area contributed by atoms with Gasteiger partial charge in [0.1, 0.15) is 0 Å². The number of alkyl halides is 3. The van der Waals surface area contributed by atoms with Crippen molar-refractivity contribution >= 4 is 11.6 Å². The van der Waals surface area contributed by atoms with Crippen LogP contribution in [0.25, 0.3) is 0 Å². The maximum atomic E-state index is 13.1. The van der Waals surface area contributed by atoms with Crippen molar-refractivity contribution in [3.63, 3.8) is 0 Å². The lowest BCUT2D eigenvalue weighted by Gasteiger charge is -2.36. The Hall–Kier alpha value is 0.110. The average Bonchev–Trinajstić information content (AvgIpc) is 2.05. The van der Waals surface area contributed by atoms with E-state index in [2.05, 4.69) is 0 Å². The van der Waals surface area contributed by atoms with Gasteiger partial charge >= 0.3 is 0 Å². The number of hydrogen-bond donors (Lipinski definition) is 0. The van der Waals surface area contributed by atoms with Crippen molar-refractivity contribution < 1.29 is 8.78 Å². The maximum absolute atomic E-state index is 13.1. The van der Waals surface area contributed by atoms with Gasteiger partial charge in [0.25, 0.3) is 5.92 Å². The molecule has 1 heterocycles. The smallest absolute Gasteiger partial charge is 0.276 e. The van der Waals surface area contributed by atoms with Crippen LogP contribution < -0.4 is 0 Å². The molecule has 0 aromatic heterocycles. The zero-order valence-electron chi connectivity index (χ0n) is 7.19. The monoisotopic (exact) mass is 197 g/mol. The van der Waals surface area contributed by atoms with Crippen LogP contribution in [-0.2, 0) is 0 Å². The van der Waals surface area contributed by atoms with Gasteiger partial charge in [-0.15, -0.1) is 11.6 Å². The Morgan fingerprint density at radius 1 is 1.50 bits per heavy atom. The highest BCUT2D eigenvalue weighted by Gasteiger charge is 2.41. The molecule has 1 fully saturated rings. The first-order valence-electron chi connectivity index (χ1n) is 4.22. The molecule has 4 heteroatoms. The zero-order valence-corrected chi connectivity index (χ0v) is 7.95. The highest BCUT2D eigenvalue weighted by atomic mass is 35.5. The molecule has 72 valence electrons. The lowest BCUT2D eigenvalue weighted by atomic mass is 9.98. The molecule has 0 radical (unpaired) electrons. The predicted octanol–water partition coefficient (Wildman–Crippen LogP) is 2.34. The summed E-state index contributed by atoms with van der Waals surface area (Å²) in [4.78, 5) is 1.71. The van der Waals surface area contributed by atoms with Gasteiger partial charge in [-0.1, -0.05) is 6.42 Å². The number of rotatable bonds is 2. The van der Waals surface area contributed by atoms with E-state index in [-0.39, 0.29) is 0 Å². The van der Waals surface area contributed by atoms with E-state index in [1.54, 1.807) is 11.9 Å². The van der Waals surface area contributed by atoms with Crippen molar-refractivity contribution in [2.75, 3.05) is 19.5 Å². The van der Waals surface area contributed by atoms with Gasteiger partial charge in [0, 0.05) is 0 Å². The van der Waals surface area contributed by atoms with E-state index in [9.17, 15) is 8.78 Å². The Kier molecular flexibility index (Phi) is 3.29. The second-order valence-corrected chi connectivity index (χ2v) is 3.65. The van der Waals surface area contributed by atoms with E-state index in [1.807, 2.05) is 0 Å². The lowest BCUT2D eigenvalue weighted by Crippen LogP contribution is -2.49. The minimum atomic E-state index is -2.73. The van der Waals surface area contributed by atoms with Crippen LogP contribution in [0, 0.1) is 0 Å². The molecule has 0 amide bonds. The van der Waals surface area contributed by atoms with Gasteiger partial charge in [-0.05, 0) is 26.4 Å². The molecule has 0 saturated carbocycles. The highest BCUT2D eigenvalue weighted by molar-refractivity contribution is 6.18. The fourth-order valence-electron chi connectivity index (χ4n) is 1.70. The van der Waals surface area contributed by atoms with Crippen molar-refractivity contribution in [1.29, 1.82) is 0 Å². The van der Waals surface area contributed by atoms with Gasteiger partial charge in [-0.25, -0.2) is 8.78 Å². The first kappa shape index (κ1) is 10.2. The van der Waals surface area contributed by atoms with Gasteiger partial charge in [0.05, 0.1) is 11.9 Å². The Labute approximate surface area is 76.7 Å². The normalized spacial score (nSPS) is 27.5. The fraction of sp³-hybridized carbons (Fsp3) is 1.00. The van der Waals surface area contributed by atoms with E-state index in [0.29, 0.717) is 6.42 Å². The minimum Gasteiger partial charge on any atom is -0.298 e. The minimum absolute atomic E-state index is 0.566. The van der Waals surface area contributed by atoms with Crippen LogP contribution in [0.15, 0.2) is 0 Å². The maximum Gasteiger partial charge on any atom is 0.276 e. The molecule has 1 atom stereocenters. The molecule has 0 aliphatic carbocycles. The van der Waals surface area contributed by atoms with Gasteiger partial charge in [0.15, 0.2) is 0 Å². The molecule has 1 rings (SSSR count). The molecule has 1 saturated heterocycles. The largest absolute Gasteiger partial charge is 0.298 e. The third-order valence-electron chi connectivity index (χ3n) is 2.44. The third-order valence-corrected chi connectivity index (χ3v) is 2.79. The average molecular weight is 198 g/mol. The van der Waals surface area contributed by atoms with Gasteiger partial charge in [0.2, 0.25) is 0 Å². The van der Waals surface area contributed by atoms with Crippen LogP contribution >= 0.6 is 11.6 Å². The summed E-state index contributed by atoms with van der Waals surface area (Å²) >= 11 is 5.22. The molecule has 1 nitrogen and oxygen atoms in total. The van der Waals surface area contributed by atoms with Crippen molar-refractivity contribution in [2.24, 2.45) is 0 Å². The summed E-state index contributed by atoms with van der Waals surface area (Å²) in [5.74, 6) is -3.29. The van der Waals surface area contributed by atoms with Gasteiger partial charge in [-0.2, -0.15) is 0 Å². The third kappa shape index (κ3) is 2.07. The Morgan fingerprint density at radius 2 is 2.17 bits per heavy atom. The zero-order chi connectivity index (χ0) is 9.19. The fourth-order valence-corrected chi connectivity index (χ4v) is 1.88.